The Bertz CT molecular complexity index is 2640. The predicted octanol–water partition coefficient (Wildman–Crippen LogP) is 3.12. The highest BCUT2D eigenvalue weighted by atomic mass is 16.2. The van der Waals surface area contributed by atoms with E-state index in [0.717, 1.165) is 39.0 Å². The molecule has 1 aliphatic carbocycles. The molecular weight excluding hydrogens is 801 g/mol. The second-order valence-corrected chi connectivity index (χ2v) is 18.7. The molecule has 0 radical (unpaired) electrons. The lowest BCUT2D eigenvalue weighted by atomic mass is 9.75. The fraction of sp³-hybridized carbons (Fsp3) is 0.429. The van der Waals surface area contributed by atoms with Gasteiger partial charge in [-0.1, -0.05) is 98.3 Å². The third-order valence-corrected chi connectivity index (χ3v) is 15.0. The SMILES string of the molecule is CCCC1NC(=O)[C@]2(CC1=O)CC1C(=O)N[C@]3(CC4C(=O)N(Cc5cccc6ccccc56)[C@@]5(CC[C@H](C(=O)N[C@H](C=O)Cc6cccc7ccccc67)C5)C(=O)N4C3)C(=O)N1C2. The number of Topliss-reactive ketones (excluding diaryl/α,β-unsaturated/α-hetero) is 1. The number of nitrogens with zero attached hydrogens (tertiary/aromatic N) is 3. The molecule has 5 heterocycles. The molecule has 14 heteroatoms. The third kappa shape index (κ3) is 6.42. The minimum atomic E-state index is -1.64. The molecule has 14 nitrogen and oxygen atoms in total. The standard InChI is InChI=1S/C49H50N6O8/c1-2-9-37-40(57)24-47(44(61)51-37)22-38-42(59)52-48(45(62)53(38)27-47)23-39-43(60)55(25-33-15-8-13-30-11-4-6-17-36(30)33)49(46(63)54(39)28-48)19-18-32(21-49)41(58)50-34(26-56)20-31-14-7-12-29-10-3-5-16-35(29)31/h3-8,10-17,26,32,34,37-39H,2,9,18-25,27-28H2,1H3,(H,50,58)(H,51,61)(H,52,59)/t32-,34-,37?,38?,39?,47-,48-,49+/m0/s1. The third-order valence-electron chi connectivity index (χ3n) is 15.0. The van der Waals surface area contributed by atoms with Crippen LogP contribution in [0.2, 0.25) is 0 Å². The fourth-order valence-corrected chi connectivity index (χ4v) is 11.8. The zero-order valence-corrected chi connectivity index (χ0v) is 35.1. The van der Waals surface area contributed by atoms with E-state index in [2.05, 4.69) is 16.0 Å². The van der Waals surface area contributed by atoms with E-state index in [4.69, 9.17) is 0 Å². The molecular formula is C49H50N6O8. The van der Waals surface area contributed by atoms with Crippen LogP contribution in [0.3, 0.4) is 0 Å². The molecule has 0 aromatic heterocycles. The molecule has 324 valence electrons. The summed E-state index contributed by atoms with van der Waals surface area (Å²) < 4.78 is 0. The molecule has 3 unspecified atom stereocenters. The van der Waals surface area contributed by atoms with Crippen molar-refractivity contribution in [3.8, 4) is 0 Å². The maximum atomic E-state index is 15.3. The number of aldehydes is 1. The number of nitrogens with one attached hydrogen (secondary N) is 3. The van der Waals surface area contributed by atoms with Crippen molar-refractivity contribution in [1.29, 1.82) is 0 Å². The van der Waals surface area contributed by atoms with E-state index in [9.17, 15) is 28.8 Å². The highest BCUT2D eigenvalue weighted by Crippen LogP contribution is 2.50. The molecule has 6 aliphatic rings. The Kier molecular flexibility index (Phi) is 9.75. The fourth-order valence-electron chi connectivity index (χ4n) is 11.8. The molecule has 5 aliphatic heterocycles. The van der Waals surface area contributed by atoms with Gasteiger partial charge in [0.1, 0.15) is 29.4 Å². The number of fused-ring (bicyclic) bond motifs is 4. The van der Waals surface area contributed by atoms with Crippen LogP contribution in [0.4, 0.5) is 0 Å². The summed E-state index contributed by atoms with van der Waals surface area (Å²) in [6, 6.07) is 23.7. The van der Waals surface area contributed by atoms with Gasteiger partial charge < -0.3 is 35.4 Å². The van der Waals surface area contributed by atoms with Crippen molar-refractivity contribution in [3.05, 3.63) is 96.1 Å². The summed E-state index contributed by atoms with van der Waals surface area (Å²) in [5, 5.41) is 12.6. The van der Waals surface area contributed by atoms with E-state index in [0.29, 0.717) is 12.8 Å². The number of rotatable bonds is 9. The number of benzene rings is 4. The Labute approximate surface area is 364 Å². The monoisotopic (exact) mass is 850 g/mol. The van der Waals surface area contributed by atoms with E-state index in [1.54, 1.807) is 4.90 Å². The minimum absolute atomic E-state index is 0.000348. The van der Waals surface area contributed by atoms with Gasteiger partial charge >= 0.3 is 0 Å². The summed E-state index contributed by atoms with van der Waals surface area (Å²) in [5.41, 5.74) is -2.62. The van der Waals surface area contributed by atoms with E-state index in [-0.39, 0.29) is 88.1 Å². The van der Waals surface area contributed by atoms with Gasteiger partial charge in [0.05, 0.1) is 24.0 Å². The van der Waals surface area contributed by atoms with Gasteiger partial charge in [-0.05, 0) is 64.8 Å². The second-order valence-electron chi connectivity index (χ2n) is 18.7. The van der Waals surface area contributed by atoms with Crippen LogP contribution in [0.1, 0.15) is 69.4 Å². The van der Waals surface area contributed by atoms with Gasteiger partial charge in [-0.15, -0.1) is 0 Å². The van der Waals surface area contributed by atoms with Crippen molar-refractivity contribution in [1.82, 2.24) is 30.7 Å². The highest BCUT2D eigenvalue weighted by molar-refractivity contribution is 6.08. The van der Waals surface area contributed by atoms with Gasteiger partial charge in [0.2, 0.25) is 29.5 Å². The van der Waals surface area contributed by atoms with Crippen molar-refractivity contribution >= 4 is 69.1 Å². The number of piperidine rings is 1. The van der Waals surface area contributed by atoms with Crippen LogP contribution >= 0.6 is 0 Å². The first kappa shape index (κ1) is 40.6. The Hall–Kier alpha value is -6.44. The number of ketones is 1. The summed E-state index contributed by atoms with van der Waals surface area (Å²) >= 11 is 0. The zero-order valence-electron chi connectivity index (χ0n) is 35.1. The molecule has 10 rings (SSSR count). The van der Waals surface area contributed by atoms with Crippen LogP contribution in [-0.2, 0) is 51.3 Å². The number of hydrogen-bond acceptors (Lipinski definition) is 8. The minimum Gasteiger partial charge on any atom is -0.346 e. The second kappa shape index (κ2) is 15.1. The maximum absolute atomic E-state index is 15.3. The molecule has 8 atom stereocenters. The predicted molar refractivity (Wildman–Crippen MR) is 230 cm³/mol. The summed E-state index contributed by atoms with van der Waals surface area (Å²) in [5.74, 6) is -3.33. The van der Waals surface area contributed by atoms with Crippen molar-refractivity contribution in [2.24, 2.45) is 11.3 Å². The van der Waals surface area contributed by atoms with Gasteiger partial charge in [-0.2, -0.15) is 0 Å². The molecule has 63 heavy (non-hydrogen) atoms. The molecule has 1 saturated carbocycles. The highest BCUT2D eigenvalue weighted by Gasteiger charge is 2.69. The lowest BCUT2D eigenvalue weighted by Gasteiger charge is -2.49. The van der Waals surface area contributed by atoms with Gasteiger partial charge in [-0.3, -0.25) is 33.6 Å². The van der Waals surface area contributed by atoms with E-state index < -0.39 is 64.3 Å². The Balaban J connectivity index is 0.939. The summed E-state index contributed by atoms with van der Waals surface area (Å²) in [4.78, 5) is 117. The lowest BCUT2D eigenvalue weighted by Crippen LogP contribution is -2.70. The van der Waals surface area contributed by atoms with Gasteiger partial charge in [0, 0.05) is 38.3 Å². The molecule has 4 aromatic carbocycles. The number of hydrogen-bond donors (Lipinski definition) is 3. The van der Waals surface area contributed by atoms with Crippen LogP contribution in [0.5, 0.6) is 0 Å². The van der Waals surface area contributed by atoms with E-state index >= 15 is 9.59 Å². The lowest BCUT2D eigenvalue weighted by molar-refractivity contribution is -0.169. The Morgan fingerprint density at radius 1 is 0.810 bits per heavy atom. The first-order valence-electron chi connectivity index (χ1n) is 22.2. The van der Waals surface area contributed by atoms with Crippen LogP contribution < -0.4 is 16.0 Å². The number of piperazine rings is 2. The molecule has 3 spiro atoms. The van der Waals surface area contributed by atoms with Crippen molar-refractivity contribution in [3.63, 3.8) is 0 Å². The van der Waals surface area contributed by atoms with Crippen LogP contribution in [0.25, 0.3) is 21.5 Å². The van der Waals surface area contributed by atoms with E-state index in [1.165, 1.54) is 9.80 Å². The molecule has 6 fully saturated rings. The molecule has 6 amide bonds. The molecule has 0 bridgehead atoms. The van der Waals surface area contributed by atoms with Crippen LogP contribution in [-0.4, -0.2) is 111 Å². The maximum Gasteiger partial charge on any atom is 0.251 e. The molecule has 4 aromatic rings. The smallest absolute Gasteiger partial charge is 0.251 e. The first-order chi connectivity index (χ1) is 30.4. The van der Waals surface area contributed by atoms with E-state index in [1.807, 2.05) is 91.9 Å². The number of carbonyl (C=O) groups is 8. The normalized spacial score (nSPS) is 30.7. The van der Waals surface area contributed by atoms with Gasteiger partial charge in [0.15, 0.2) is 5.78 Å². The van der Waals surface area contributed by atoms with Gasteiger partial charge in [-0.25, -0.2) is 0 Å². The Morgan fingerprint density at radius 2 is 1.48 bits per heavy atom. The molecule has 3 N–H and O–H groups in total. The van der Waals surface area contributed by atoms with Crippen molar-refractivity contribution in [2.75, 3.05) is 13.1 Å². The van der Waals surface area contributed by atoms with Crippen molar-refractivity contribution in [2.45, 2.75) is 107 Å². The quantitative estimate of drug-likeness (QED) is 0.215. The summed E-state index contributed by atoms with van der Waals surface area (Å²) in [7, 11) is 0. The summed E-state index contributed by atoms with van der Waals surface area (Å²) in [6.45, 7) is 1.62. The number of carbonyl (C=O) groups excluding carboxylic acids is 8. The zero-order chi connectivity index (χ0) is 43.8. The largest absolute Gasteiger partial charge is 0.346 e. The topological polar surface area (TPSA) is 182 Å². The van der Waals surface area contributed by atoms with Crippen molar-refractivity contribution < 1.29 is 38.4 Å². The Morgan fingerprint density at radius 3 is 2.19 bits per heavy atom. The average molecular weight is 851 g/mol. The first-order valence-corrected chi connectivity index (χ1v) is 22.2. The van der Waals surface area contributed by atoms with Crippen LogP contribution in [0, 0.1) is 11.3 Å². The summed E-state index contributed by atoms with van der Waals surface area (Å²) in [6.07, 6.45) is 2.42. The average Bonchev–Trinajstić information content (AvgIpc) is 4.02. The molecule has 5 saturated heterocycles. The van der Waals surface area contributed by atoms with Crippen LogP contribution in [0.15, 0.2) is 84.9 Å². The van der Waals surface area contributed by atoms with Gasteiger partial charge in [0.25, 0.3) is 5.91 Å². The number of amides is 6.